The quantitative estimate of drug-likeness (QED) is 0.517. The van der Waals surface area contributed by atoms with Gasteiger partial charge in [-0.15, -0.1) is 0 Å². The lowest BCUT2D eigenvalue weighted by atomic mass is 9.81. The summed E-state index contributed by atoms with van der Waals surface area (Å²) in [6.45, 7) is 3.32. The van der Waals surface area contributed by atoms with Crippen LogP contribution in [0.3, 0.4) is 0 Å². The van der Waals surface area contributed by atoms with Crippen LogP contribution in [0.15, 0.2) is 12.3 Å². The Morgan fingerprint density at radius 1 is 1.43 bits per heavy atom. The average molecular weight is 198 g/mol. The van der Waals surface area contributed by atoms with Gasteiger partial charge in [-0.25, -0.2) is 4.79 Å². The number of ether oxygens (including phenoxy) is 1. The Morgan fingerprint density at radius 3 is 2.50 bits per heavy atom. The number of carbonyl (C=O) groups is 2. The maximum absolute atomic E-state index is 11.3. The van der Waals surface area contributed by atoms with Gasteiger partial charge in [-0.1, -0.05) is 6.42 Å². The van der Waals surface area contributed by atoms with Gasteiger partial charge >= 0.3 is 5.97 Å². The van der Waals surface area contributed by atoms with Crippen LogP contribution in [-0.2, 0) is 14.3 Å². The summed E-state index contributed by atoms with van der Waals surface area (Å²) >= 11 is 0. The summed E-state index contributed by atoms with van der Waals surface area (Å²) in [6, 6.07) is 0. The SMILES string of the molecule is C=C(OCCC(=O)C1CCC1)C(=O)O. The summed E-state index contributed by atoms with van der Waals surface area (Å²) in [6.07, 6.45) is 3.35. The van der Waals surface area contributed by atoms with Gasteiger partial charge in [0.1, 0.15) is 5.78 Å². The molecule has 0 unspecified atom stereocenters. The highest BCUT2D eigenvalue weighted by Gasteiger charge is 2.24. The molecule has 78 valence electrons. The van der Waals surface area contributed by atoms with E-state index >= 15 is 0 Å². The number of hydrogen-bond acceptors (Lipinski definition) is 3. The van der Waals surface area contributed by atoms with Crippen LogP contribution in [-0.4, -0.2) is 23.5 Å². The largest absolute Gasteiger partial charge is 0.486 e. The van der Waals surface area contributed by atoms with Gasteiger partial charge in [-0.05, 0) is 19.4 Å². The molecule has 0 radical (unpaired) electrons. The molecular formula is C10H14O4. The van der Waals surface area contributed by atoms with E-state index in [1.54, 1.807) is 0 Å². The van der Waals surface area contributed by atoms with Crippen molar-refractivity contribution < 1.29 is 19.4 Å². The van der Waals surface area contributed by atoms with Gasteiger partial charge < -0.3 is 9.84 Å². The number of hydrogen-bond donors (Lipinski definition) is 1. The summed E-state index contributed by atoms with van der Waals surface area (Å²) in [4.78, 5) is 21.6. The summed E-state index contributed by atoms with van der Waals surface area (Å²) < 4.78 is 4.78. The molecule has 1 aliphatic rings. The molecule has 1 saturated carbocycles. The normalized spacial score (nSPS) is 15.7. The minimum Gasteiger partial charge on any atom is -0.486 e. The topological polar surface area (TPSA) is 63.6 Å². The Bertz CT molecular complexity index is 253. The fourth-order valence-electron chi connectivity index (χ4n) is 1.27. The van der Waals surface area contributed by atoms with Crippen LogP contribution in [0, 0.1) is 5.92 Å². The van der Waals surface area contributed by atoms with Crippen LogP contribution in [0.25, 0.3) is 0 Å². The van der Waals surface area contributed by atoms with Gasteiger partial charge in [0.15, 0.2) is 5.76 Å². The number of aliphatic carboxylic acids is 1. The van der Waals surface area contributed by atoms with E-state index in [-0.39, 0.29) is 30.5 Å². The molecule has 4 heteroatoms. The molecule has 0 aromatic heterocycles. The van der Waals surface area contributed by atoms with Gasteiger partial charge in [-0.2, -0.15) is 0 Å². The molecule has 0 aliphatic heterocycles. The van der Waals surface area contributed by atoms with E-state index < -0.39 is 5.97 Å². The predicted octanol–water partition coefficient (Wildman–Crippen LogP) is 1.36. The molecule has 0 spiro atoms. The van der Waals surface area contributed by atoms with Crippen molar-refractivity contribution in [1.82, 2.24) is 0 Å². The first-order chi connectivity index (χ1) is 6.61. The van der Waals surface area contributed by atoms with Crippen molar-refractivity contribution in [2.75, 3.05) is 6.61 Å². The Hall–Kier alpha value is -1.32. The Morgan fingerprint density at radius 2 is 2.07 bits per heavy atom. The molecule has 14 heavy (non-hydrogen) atoms. The first-order valence-corrected chi connectivity index (χ1v) is 4.69. The Balaban J connectivity index is 2.11. The number of carbonyl (C=O) groups excluding carboxylic acids is 1. The van der Waals surface area contributed by atoms with Gasteiger partial charge in [0, 0.05) is 12.3 Å². The summed E-state index contributed by atoms with van der Waals surface area (Å²) in [5.41, 5.74) is 0. The fraction of sp³-hybridized carbons (Fsp3) is 0.600. The van der Waals surface area contributed by atoms with E-state index in [2.05, 4.69) is 6.58 Å². The standard InChI is InChI=1S/C10H14O4/c1-7(10(12)13)14-6-5-9(11)8-3-2-4-8/h8H,1-6H2,(H,12,13). The third-order valence-electron chi connectivity index (χ3n) is 2.42. The Kier molecular flexibility index (Phi) is 3.68. The predicted molar refractivity (Wildman–Crippen MR) is 49.7 cm³/mol. The number of carboxylic acids is 1. The number of Topliss-reactive ketones (excluding diaryl/α,β-unsaturated/α-hetero) is 1. The molecule has 0 bridgehead atoms. The second kappa shape index (κ2) is 4.79. The maximum Gasteiger partial charge on any atom is 0.370 e. The molecule has 0 heterocycles. The van der Waals surface area contributed by atoms with E-state index in [1.807, 2.05) is 0 Å². The zero-order valence-electron chi connectivity index (χ0n) is 7.99. The lowest BCUT2D eigenvalue weighted by Crippen LogP contribution is -2.23. The van der Waals surface area contributed by atoms with Crippen molar-refractivity contribution in [2.24, 2.45) is 5.92 Å². The molecule has 0 amide bonds. The molecule has 1 rings (SSSR count). The Labute approximate surface area is 82.6 Å². The monoisotopic (exact) mass is 198 g/mol. The van der Waals surface area contributed by atoms with E-state index in [9.17, 15) is 9.59 Å². The minimum atomic E-state index is -1.18. The van der Waals surface area contributed by atoms with Gasteiger partial charge in [-0.3, -0.25) is 4.79 Å². The third-order valence-corrected chi connectivity index (χ3v) is 2.42. The molecule has 0 aromatic rings. The van der Waals surface area contributed by atoms with Crippen molar-refractivity contribution >= 4 is 11.8 Å². The first kappa shape index (κ1) is 10.8. The summed E-state index contributed by atoms with van der Waals surface area (Å²) in [5, 5.41) is 8.40. The molecule has 1 N–H and O–H groups in total. The zero-order valence-corrected chi connectivity index (χ0v) is 7.99. The van der Waals surface area contributed by atoms with Gasteiger partial charge in [0.25, 0.3) is 0 Å². The van der Waals surface area contributed by atoms with E-state index in [4.69, 9.17) is 9.84 Å². The van der Waals surface area contributed by atoms with Crippen LogP contribution >= 0.6 is 0 Å². The highest BCUT2D eigenvalue weighted by atomic mass is 16.5. The van der Waals surface area contributed by atoms with Crippen LogP contribution in [0.2, 0.25) is 0 Å². The number of rotatable bonds is 6. The molecule has 0 aromatic carbocycles. The van der Waals surface area contributed by atoms with Crippen molar-refractivity contribution in [2.45, 2.75) is 25.7 Å². The molecule has 4 nitrogen and oxygen atoms in total. The molecule has 1 aliphatic carbocycles. The van der Waals surface area contributed by atoms with Gasteiger partial charge in [0.2, 0.25) is 0 Å². The summed E-state index contributed by atoms with van der Waals surface area (Å²) in [7, 11) is 0. The smallest absolute Gasteiger partial charge is 0.370 e. The van der Waals surface area contributed by atoms with Crippen molar-refractivity contribution in [1.29, 1.82) is 0 Å². The van der Waals surface area contributed by atoms with Crippen molar-refractivity contribution in [3.8, 4) is 0 Å². The maximum atomic E-state index is 11.3. The van der Waals surface area contributed by atoms with Gasteiger partial charge in [0.05, 0.1) is 6.61 Å². The van der Waals surface area contributed by atoms with E-state index in [0.29, 0.717) is 0 Å². The van der Waals surface area contributed by atoms with Crippen LogP contribution in [0.1, 0.15) is 25.7 Å². The number of carboxylic acid groups (broad SMARTS) is 1. The van der Waals surface area contributed by atoms with Crippen molar-refractivity contribution in [3.05, 3.63) is 12.3 Å². The third kappa shape index (κ3) is 2.87. The van der Waals surface area contributed by atoms with Crippen LogP contribution in [0.4, 0.5) is 0 Å². The highest BCUT2D eigenvalue weighted by Crippen LogP contribution is 2.27. The second-order valence-electron chi connectivity index (χ2n) is 3.42. The van der Waals surface area contributed by atoms with Crippen LogP contribution in [0.5, 0.6) is 0 Å². The first-order valence-electron chi connectivity index (χ1n) is 4.69. The van der Waals surface area contributed by atoms with E-state index in [0.717, 1.165) is 19.3 Å². The minimum absolute atomic E-state index is 0.125. The lowest BCUT2D eigenvalue weighted by molar-refractivity contribution is -0.137. The fourth-order valence-corrected chi connectivity index (χ4v) is 1.27. The second-order valence-corrected chi connectivity index (χ2v) is 3.42. The highest BCUT2D eigenvalue weighted by molar-refractivity contribution is 5.84. The average Bonchev–Trinajstić information content (AvgIpc) is 2.00. The molecular weight excluding hydrogens is 184 g/mol. The lowest BCUT2D eigenvalue weighted by Gasteiger charge is -2.23. The number of ketones is 1. The van der Waals surface area contributed by atoms with Crippen LogP contribution < -0.4 is 0 Å². The van der Waals surface area contributed by atoms with E-state index in [1.165, 1.54) is 0 Å². The molecule has 0 atom stereocenters. The molecule has 1 fully saturated rings. The summed E-state index contributed by atoms with van der Waals surface area (Å²) in [5.74, 6) is -1.11. The van der Waals surface area contributed by atoms with Crippen molar-refractivity contribution in [3.63, 3.8) is 0 Å². The molecule has 0 saturated heterocycles. The zero-order chi connectivity index (χ0) is 10.6.